The highest BCUT2D eigenvalue weighted by atomic mass is 16.3. The third-order valence-electron chi connectivity index (χ3n) is 9.14. The Kier molecular flexibility index (Phi) is 9.37. The Labute approximate surface area is 260 Å². The van der Waals surface area contributed by atoms with Crippen molar-refractivity contribution >= 4 is 29.5 Å². The van der Waals surface area contributed by atoms with Crippen molar-refractivity contribution < 1.29 is 19.1 Å². The van der Waals surface area contributed by atoms with Crippen LogP contribution < -0.4 is 5.32 Å². The highest BCUT2D eigenvalue weighted by Crippen LogP contribution is 2.39. The van der Waals surface area contributed by atoms with Crippen molar-refractivity contribution in [1.29, 1.82) is 0 Å². The Balaban J connectivity index is 1.23. The van der Waals surface area contributed by atoms with Crippen molar-refractivity contribution in [2.24, 2.45) is 5.92 Å². The van der Waals surface area contributed by atoms with Gasteiger partial charge in [-0.3, -0.25) is 9.59 Å². The first-order valence-corrected chi connectivity index (χ1v) is 16.2. The van der Waals surface area contributed by atoms with Gasteiger partial charge in [0.2, 0.25) is 0 Å². The SMILES string of the molecule is Cc1ccccc1/C=C1/CCC/C(=C\c2ccc(C(=O)/C=C/[C@H]3CCC[C@@H](O)C3)cc2NC(=O)c2coc(C3CC3)n2)CC1. The quantitative estimate of drug-likeness (QED) is 0.155. The van der Waals surface area contributed by atoms with Crippen LogP contribution in [0.2, 0.25) is 0 Å². The first-order valence-electron chi connectivity index (χ1n) is 16.2. The second kappa shape index (κ2) is 13.7. The molecule has 1 heterocycles. The first-order chi connectivity index (χ1) is 21.4. The van der Waals surface area contributed by atoms with Crippen molar-refractivity contribution in [2.75, 3.05) is 5.32 Å². The Hall–Kier alpha value is -4.03. The normalized spacial score (nSPS) is 22.8. The Bertz CT molecular complexity index is 1610. The molecule has 1 amide bonds. The minimum Gasteiger partial charge on any atom is -0.448 e. The van der Waals surface area contributed by atoms with Crippen LogP contribution in [0, 0.1) is 12.8 Å². The zero-order chi connectivity index (χ0) is 30.5. The van der Waals surface area contributed by atoms with Crippen LogP contribution in [0.4, 0.5) is 5.69 Å². The number of aryl methyl sites for hydroxylation is 1. The van der Waals surface area contributed by atoms with Gasteiger partial charge in [0.1, 0.15) is 6.26 Å². The molecule has 3 aliphatic rings. The molecule has 0 aliphatic heterocycles. The number of ketones is 1. The maximum absolute atomic E-state index is 13.3. The lowest BCUT2D eigenvalue weighted by Gasteiger charge is -2.23. The molecule has 0 radical (unpaired) electrons. The number of nitrogens with zero attached hydrogens (tertiary/aromatic N) is 1. The molecule has 0 unspecified atom stereocenters. The van der Waals surface area contributed by atoms with E-state index in [0.29, 0.717) is 29.5 Å². The van der Waals surface area contributed by atoms with Crippen molar-refractivity contribution in [2.45, 2.75) is 89.6 Å². The van der Waals surface area contributed by atoms with Gasteiger partial charge in [0.05, 0.1) is 6.10 Å². The van der Waals surface area contributed by atoms with Crippen LogP contribution in [0.5, 0.6) is 0 Å². The number of aliphatic hydroxyl groups is 1. The summed E-state index contributed by atoms with van der Waals surface area (Å²) in [6.07, 6.45) is 19.9. The van der Waals surface area contributed by atoms with Gasteiger partial charge in [-0.25, -0.2) is 4.98 Å². The predicted octanol–water partition coefficient (Wildman–Crippen LogP) is 8.83. The van der Waals surface area contributed by atoms with Crippen molar-refractivity contribution in [1.82, 2.24) is 4.98 Å². The van der Waals surface area contributed by atoms with Crippen molar-refractivity contribution in [3.8, 4) is 0 Å². The number of carbonyl (C=O) groups excluding carboxylic acids is 2. The first kappa shape index (κ1) is 30.0. The number of allylic oxidation sites excluding steroid dienone is 4. The topological polar surface area (TPSA) is 92.4 Å². The average Bonchev–Trinajstić information content (AvgIpc) is 3.79. The van der Waals surface area contributed by atoms with Gasteiger partial charge in [0.15, 0.2) is 17.4 Å². The number of aromatic nitrogens is 1. The largest absolute Gasteiger partial charge is 0.448 e. The fourth-order valence-corrected chi connectivity index (χ4v) is 6.33. The van der Waals surface area contributed by atoms with Gasteiger partial charge in [-0.15, -0.1) is 0 Å². The minimum atomic E-state index is -0.346. The Morgan fingerprint density at radius 2 is 1.70 bits per heavy atom. The van der Waals surface area contributed by atoms with Crippen LogP contribution in [0.15, 0.2) is 76.4 Å². The van der Waals surface area contributed by atoms with Crippen LogP contribution in [0.3, 0.4) is 0 Å². The molecular weight excluding hydrogens is 548 g/mol. The molecule has 3 fully saturated rings. The molecule has 6 rings (SSSR count). The minimum absolute atomic E-state index is 0.113. The summed E-state index contributed by atoms with van der Waals surface area (Å²) in [6.45, 7) is 2.15. The van der Waals surface area contributed by atoms with Crippen LogP contribution in [0.25, 0.3) is 12.2 Å². The highest BCUT2D eigenvalue weighted by Gasteiger charge is 2.29. The van der Waals surface area contributed by atoms with E-state index in [0.717, 1.165) is 69.8 Å². The molecule has 6 heteroatoms. The van der Waals surface area contributed by atoms with E-state index in [1.165, 1.54) is 28.5 Å². The molecule has 3 saturated carbocycles. The van der Waals surface area contributed by atoms with Gasteiger partial charge < -0.3 is 14.8 Å². The molecule has 2 atom stereocenters. The van der Waals surface area contributed by atoms with E-state index in [9.17, 15) is 14.7 Å². The third-order valence-corrected chi connectivity index (χ3v) is 9.14. The number of nitrogens with one attached hydrogen (secondary N) is 1. The molecule has 1 aromatic heterocycles. The molecule has 2 N–H and O–H groups in total. The second-order valence-electron chi connectivity index (χ2n) is 12.7. The number of aliphatic hydroxyl groups excluding tert-OH is 1. The van der Waals surface area contributed by atoms with Gasteiger partial charge in [0, 0.05) is 17.2 Å². The zero-order valence-corrected chi connectivity index (χ0v) is 25.6. The van der Waals surface area contributed by atoms with Gasteiger partial charge in [-0.1, -0.05) is 72.2 Å². The summed E-state index contributed by atoms with van der Waals surface area (Å²) in [5.41, 5.74) is 7.60. The summed E-state index contributed by atoms with van der Waals surface area (Å²) in [5, 5.41) is 13.0. The monoisotopic (exact) mass is 590 g/mol. The van der Waals surface area contributed by atoms with E-state index in [-0.39, 0.29) is 29.4 Å². The van der Waals surface area contributed by atoms with Crippen molar-refractivity contribution in [3.05, 3.63) is 106 Å². The van der Waals surface area contributed by atoms with Crippen LogP contribution in [-0.2, 0) is 0 Å². The molecule has 228 valence electrons. The molecule has 0 spiro atoms. The maximum atomic E-state index is 13.3. The number of amides is 1. The van der Waals surface area contributed by atoms with E-state index < -0.39 is 0 Å². The fraction of sp³-hybridized carbons (Fsp3) is 0.395. The van der Waals surface area contributed by atoms with E-state index in [4.69, 9.17) is 4.42 Å². The molecule has 0 saturated heterocycles. The molecule has 2 aromatic carbocycles. The highest BCUT2D eigenvalue weighted by molar-refractivity contribution is 6.08. The number of anilines is 1. The van der Waals surface area contributed by atoms with Crippen molar-refractivity contribution in [3.63, 3.8) is 0 Å². The summed E-state index contributed by atoms with van der Waals surface area (Å²) >= 11 is 0. The summed E-state index contributed by atoms with van der Waals surface area (Å²) in [6, 6.07) is 14.0. The Morgan fingerprint density at radius 3 is 2.45 bits per heavy atom. The number of carbonyl (C=O) groups is 2. The number of benzene rings is 2. The molecule has 6 nitrogen and oxygen atoms in total. The molecule has 3 aromatic rings. The van der Waals surface area contributed by atoms with Gasteiger partial charge in [-0.05, 0) is 106 Å². The van der Waals surface area contributed by atoms with Gasteiger partial charge in [0.25, 0.3) is 5.91 Å². The summed E-state index contributed by atoms with van der Waals surface area (Å²) in [4.78, 5) is 30.9. The van der Waals surface area contributed by atoms with Gasteiger partial charge in [-0.2, -0.15) is 0 Å². The fourth-order valence-electron chi connectivity index (χ4n) is 6.33. The Morgan fingerprint density at radius 1 is 0.932 bits per heavy atom. The average molecular weight is 591 g/mol. The lowest BCUT2D eigenvalue weighted by molar-refractivity contribution is 0.101. The number of hydrogen-bond donors (Lipinski definition) is 2. The zero-order valence-electron chi connectivity index (χ0n) is 25.6. The van der Waals surface area contributed by atoms with Crippen LogP contribution in [-0.4, -0.2) is 27.9 Å². The number of rotatable bonds is 8. The van der Waals surface area contributed by atoms with E-state index in [1.54, 1.807) is 12.1 Å². The number of hydrogen-bond acceptors (Lipinski definition) is 5. The standard InChI is InChI=1S/C38H42N2O4/c1-25-6-2-3-10-30(25)20-26-7-4-8-27(13-12-26)21-31-17-18-32(36(42)19-14-28-9-5-11-33(41)22-28)23-34(31)39-37(43)35-24-44-38(40-35)29-15-16-29/h2-3,6,10,14,17-21,23-24,28-29,33,41H,4-5,7-9,11-13,15-16,22H2,1H3,(H,39,43)/b19-14+,26-20-,27-21+/t28-,33-/m1/s1. The summed E-state index contributed by atoms with van der Waals surface area (Å²) in [7, 11) is 0. The van der Waals surface area contributed by atoms with Crippen LogP contribution >= 0.6 is 0 Å². The molecule has 0 bridgehead atoms. The summed E-state index contributed by atoms with van der Waals surface area (Å²) in [5.74, 6) is 0.680. The summed E-state index contributed by atoms with van der Waals surface area (Å²) < 4.78 is 5.56. The predicted molar refractivity (Wildman–Crippen MR) is 175 cm³/mol. The van der Waals surface area contributed by atoms with E-state index in [1.807, 2.05) is 18.2 Å². The van der Waals surface area contributed by atoms with Crippen LogP contribution in [0.1, 0.15) is 120 Å². The maximum Gasteiger partial charge on any atom is 0.277 e. The van der Waals surface area contributed by atoms with Gasteiger partial charge >= 0.3 is 0 Å². The number of oxazole rings is 1. The van der Waals surface area contributed by atoms with E-state index >= 15 is 0 Å². The lowest BCUT2D eigenvalue weighted by atomic mass is 9.87. The lowest BCUT2D eigenvalue weighted by Crippen LogP contribution is -2.18. The molecule has 3 aliphatic carbocycles. The third kappa shape index (κ3) is 7.72. The molecule has 44 heavy (non-hydrogen) atoms. The smallest absolute Gasteiger partial charge is 0.277 e. The molecular formula is C38H42N2O4. The van der Waals surface area contributed by atoms with E-state index in [2.05, 4.69) is 53.6 Å². The second-order valence-corrected chi connectivity index (χ2v) is 12.7.